The van der Waals surface area contributed by atoms with Crippen molar-refractivity contribution in [3.05, 3.63) is 65.1 Å². The van der Waals surface area contributed by atoms with Crippen LogP contribution in [0, 0.1) is 24.0 Å². The van der Waals surface area contributed by atoms with Crippen LogP contribution in [-0.4, -0.2) is 16.9 Å². The van der Waals surface area contributed by atoms with Crippen molar-refractivity contribution in [2.24, 2.45) is 0 Å². The van der Waals surface area contributed by atoms with E-state index in [0.717, 1.165) is 54.5 Å². The van der Waals surface area contributed by atoms with Crippen LogP contribution in [0.25, 0.3) is 0 Å². The SMILES string of the molecule is C#Cc1ccc(CCCCC/C=C2\C(=O)NC(=S)N(c3cc(F)ccc3F)C2=O)o1. The van der Waals surface area contributed by atoms with E-state index in [1.165, 1.54) is 6.08 Å². The second-order valence-corrected chi connectivity index (χ2v) is 7.01. The number of allylic oxidation sites excluding steroid dienone is 1. The van der Waals surface area contributed by atoms with E-state index in [2.05, 4.69) is 11.2 Å². The summed E-state index contributed by atoms with van der Waals surface area (Å²) >= 11 is 4.98. The zero-order chi connectivity index (χ0) is 21.7. The summed E-state index contributed by atoms with van der Waals surface area (Å²) in [5.41, 5.74) is -0.502. The summed E-state index contributed by atoms with van der Waals surface area (Å²) in [5.74, 6) is 0.735. The molecule has 30 heavy (non-hydrogen) atoms. The number of nitrogens with zero attached hydrogens (tertiary/aromatic N) is 1. The van der Waals surface area contributed by atoms with Crippen LogP contribution in [0.4, 0.5) is 14.5 Å². The number of thiocarbonyl (C=S) groups is 1. The maximum absolute atomic E-state index is 14.1. The third kappa shape index (κ3) is 4.81. The minimum atomic E-state index is -0.825. The largest absolute Gasteiger partial charge is 0.453 e. The zero-order valence-electron chi connectivity index (χ0n) is 15.9. The molecule has 154 valence electrons. The Labute approximate surface area is 177 Å². The number of hydrogen-bond donors (Lipinski definition) is 1. The van der Waals surface area contributed by atoms with E-state index >= 15 is 0 Å². The fourth-order valence-corrected chi connectivity index (χ4v) is 3.32. The topological polar surface area (TPSA) is 62.6 Å². The van der Waals surface area contributed by atoms with E-state index in [-0.39, 0.29) is 16.4 Å². The Morgan fingerprint density at radius 3 is 2.70 bits per heavy atom. The highest BCUT2D eigenvalue weighted by Crippen LogP contribution is 2.25. The van der Waals surface area contributed by atoms with Gasteiger partial charge in [-0.2, -0.15) is 0 Å². The maximum atomic E-state index is 14.1. The summed E-state index contributed by atoms with van der Waals surface area (Å²) in [5, 5.41) is 2.05. The Kier molecular flexibility index (Phi) is 6.75. The highest BCUT2D eigenvalue weighted by atomic mass is 32.1. The number of furan rings is 1. The Balaban J connectivity index is 1.60. The van der Waals surface area contributed by atoms with Gasteiger partial charge in [0.2, 0.25) is 0 Å². The second kappa shape index (κ2) is 9.46. The highest BCUT2D eigenvalue weighted by Gasteiger charge is 2.35. The minimum absolute atomic E-state index is 0.156. The fourth-order valence-electron chi connectivity index (χ4n) is 3.04. The summed E-state index contributed by atoms with van der Waals surface area (Å²) in [6, 6.07) is 6.26. The van der Waals surface area contributed by atoms with Crippen LogP contribution in [0.1, 0.15) is 37.2 Å². The van der Waals surface area contributed by atoms with Crippen molar-refractivity contribution in [1.82, 2.24) is 5.32 Å². The van der Waals surface area contributed by atoms with Gasteiger partial charge in [0.15, 0.2) is 10.9 Å². The van der Waals surface area contributed by atoms with Crippen LogP contribution in [-0.2, 0) is 16.0 Å². The third-order valence-corrected chi connectivity index (χ3v) is 4.82. The van der Waals surface area contributed by atoms with Crippen LogP contribution >= 0.6 is 12.2 Å². The molecule has 0 saturated carbocycles. The molecule has 0 aliphatic carbocycles. The average molecular weight is 428 g/mol. The van der Waals surface area contributed by atoms with Gasteiger partial charge in [0.1, 0.15) is 23.0 Å². The molecule has 1 N–H and O–H groups in total. The average Bonchev–Trinajstić information content (AvgIpc) is 3.17. The Hall–Kier alpha value is -3.31. The molecule has 1 aromatic heterocycles. The van der Waals surface area contributed by atoms with Gasteiger partial charge in [0, 0.05) is 12.5 Å². The molecule has 1 fully saturated rings. The first-order valence-electron chi connectivity index (χ1n) is 9.31. The summed E-state index contributed by atoms with van der Waals surface area (Å²) in [6.07, 6.45) is 10.4. The van der Waals surface area contributed by atoms with Gasteiger partial charge in [-0.05, 0) is 61.7 Å². The first-order valence-corrected chi connectivity index (χ1v) is 9.72. The lowest BCUT2D eigenvalue weighted by Crippen LogP contribution is -2.54. The molecule has 1 aromatic carbocycles. The summed E-state index contributed by atoms with van der Waals surface area (Å²) < 4.78 is 33.1. The lowest BCUT2D eigenvalue weighted by molar-refractivity contribution is -0.122. The number of amides is 2. The standard InChI is InChI=1S/C22H18F2N2O3S/c1-2-15-10-11-16(29-15)7-5-3-4-6-8-17-20(27)25-22(30)26(21(17)28)19-13-14(23)9-12-18(19)24/h1,8-13H,3-7H2,(H,25,27,30)/b17-8+. The number of carbonyl (C=O) groups is 2. The first-order chi connectivity index (χ1) is 14.4. The number of aryl methyl sites for hydroxylation is 1. The van der Waals surface area contributed by atoms with Crippen molar-refractivity contribution in [3.8, 4) is 12.3 Å². The van der Waals surface area contributed by atoms with Crippen LogP contribution in [0.15, 0.2) is 46.4 Å². The van der Waals surface area contributed by atoms with E-state index in [4.69, 9.17) is 23.1 Å². The normalized spacial score (nSPS) is 15.4. The molecule has 0 unspecified atom stereocenters. The number of nitrogens with one attached hydrogen (secondary N) is 1. The Morgan fingerprint density at radius 1 is 1.17 bits per heavy atom. The quantitative estimate of drug-likeness (QED) is 0.238. The van der Waals surface area contributed by atoms with Crippen LogP contribution < -0.4 is 10.2 Å². The molecular formula is C22H18F2N2O3S. The van der Waals surface area contributed by atoms with Crippen molar-refractivity contribution in [1.29, 1.82) is 0 Å². The van der Waals surface area contributed by atoms with Crippen molar-refractivity contribution < 1.29 is 22.8 Å². The van der Waals surface area contributed by atoms with Gasteiger partial charge in [-0.3, -0.25) is 14.9 Å². The lowest BCUT2D eigenvalue weighted by Gasteiger charge is -2.29. The third-order valence-electron chi connectivity index (χ3n) is 4.53. The van der Waals surface area contributed by atoms with Crippen molar-refractivity contribution in [2.75, 3.05) is 4.90 Å². The molecule has 8 heteroatoms. The van der Waals surface area contributed by atoms with E-state index in [0.29, 0.717) is 12.2 Å². The van der Waals surface area contributed by atoms with Gasteiger partial charge in [0.05, 0.1) is 5.69 Å². The number of terminal acetylenes is 1. The molecule has 1 aliphatic rings. The molecule has 0 bridgehead atoms. The second-order valence-electron chi connectivity index (χ2n) is 6.62. The van der Waals surface area contributed by atoms with Gasteiger partial charge >= 0.3 is 0 Å². The predicted molar refractivity (Wildman–Crippen MR) is 111 cm³/mol. The van der Waals surface area contributed by atoms with E-state index in [9.17, 15) is 18.4 Å². The molecule has 2 heterocycles. The number of anilines is 1. The number of benzene rings is 1. The number of halogens is 2. The Bertz CT molecular complexity index is 1070. The zero-order valence-corrected chi connectivity index (χ0v) is 16.7. The van der Waals surface area contributed by atoms with Crippen LogP contribution in [0.5, 0.6) is 0 Å². The van der Waals surface area contributed by atoms with Gasteiger partial charge in [-0.25, -0.2) is 13.7 Å². The molecule has 2 amide bonds. The summed E-state index contributed by atoms with van der Waals surface area (Å²) in [7, 11) is 0. The Morgan fingerprint density at radius 2 is 1.97 bits per heavy atom. The molecular weight excluding hydrogens is 410 g/mol. The number of carbonyl (C=O) groups excluding carboxylic acids is 2. The van der Waals surface area contributed by atoms with E-state index < -0.39 is 23.4 Å². The first kappa shape index (κ1) is 21.4. The minimum Gasteiger partial charge on any atom is -0.453 e. The molecule has 3 rings (SSSR count). The smallest absolute Gasteiger partial charge is 0.269 e. The van der Waals surface area contributed by atoms with Gasteiger partial charge in [-0.15, -0.1) is 6.42 Å². The fraction of sp³-hybridized carbons (Fsp3) is 0.227. The predicted octanol–water partition coefficient (Wildman–Crippen LogP) is 4.02. The summed E-state index contributed by atoms with van der Waals surface area (Å²) in [6.45, 7) is 0. The highest BCUT2D eigenvalue weighted by molar-refractivity contribution is 7.80. The molecule has 0 spiro atoms. The number of rotatable bonds is 7. The van der Waals surface area contributed by atoms with Crippen molar-refractivity contribution in [3.63, 3.8) is 0 Å². The van der Waals surface area contributed by atoms with Gasteiger partial charge in [-0.1, -0.05) is 12.5 Å². The van der Waals surface area contributed by atoms with Gasteiger partial charge < -0.3 is 4.42 Å². The van der Waals surface area contributed by atoms with Crippen LogP contribution in [0.3, 0.4) is 0 Å². The van der Waals surface area contributed by atoms with Crippen LogP contribution in [0.2, 0.25) is 0 Å². The van der Waals surface area contributed by atoms with Gasteiger partial charge in [0.25, 0.3) is 11.8 Å². The number of unbranched alkanes of at least 4 members (excludes halogenated alkanes) is 3. The monoisotopic (exact) mass is 428 g/mol. The molecule has 0 atom stereocenters. The summed E-state index contributed by atoms with van der Waals surface area (Å²) in [4.78, 5) is 25.7. The molecule has 1 saturated heterocycles. The molecule has 1 aliphatic heterocycles. The van der Waals surface area contributed by atoms with E-state index in [1.54, 1.807) is 6.07 Å². The molecule has 0 radical (unpaired) electrons. The van der Waals surface area contributed by atoms with Crippen molar-refractivity contribution in [2.45, 2.75) is 32.1 Å². The van der Waals surface area contributed by atoms with E-state index in [1.807, 2.05) is 6.07 Å². The lowest BCUT2D eigenvalue weighted by atomic mass is 10.1. The van der Waals surface area contributed by atoms with Crippen molar-refractivity contribution >= 4 is 34.8 Å². The molecule has 2 aromatic rings. The maximum Gasteiger partial charge on any atom is 0.269 e. The number of hydrogen-bond acceptors (Lipinski definition) is 4. The molecule has 5 nitrogen and oxygen atoms in total.